The molecule has 1 unspecified atom stereocenters. The monoisotopic (exact) mass is 532 g/mol. The predicted molar refractivity (Wildman–Crippen MR) is 151 cm³/mol. The Balaban J connectivity index is 1.29. The van der Waals surface area contributed by atoms with E-state index in [1.54, 1.807) is 15.7 Å². The first kappa shape index (κ1) is 25.7. The molecule has 9 nitrogen and oxygen atoms in total. The lowest BCUT2D eigenvalue weighted by Gasteiger charge is -2.36. The molecule has 1 atom stereocenters. The molecule has 1 fully saturated rings. The van der Waals surface area contributed by atoms with Crippen molar-refractivity contribution in [3.05, 3.63) is 66.9 Å². The topological polar surface area (TPSA) is 92.1 Å². The maximum atomic E-state index is 12.4. The van der Waals surface area contributed by atoms with Crippen molar-refractivity contribution < 1.29 is 13.7 Å². The Morgan fingerprint density at radius 3 is 2.42 bits per heavy atom. The first-order valence-corrected chi connectivity index (χ1v) is 14.1. The number of ether oxygens (including phenoxy) is 1. The van der Waals surface area contributed by atoms with E-state index >= 15 is 0 Å². The van der Waals surface area contributed by atoms with Crippen LogP contribution >= 0.6 is 0 Å². The number of hydrogen-bond acceptors (Lipinski definition) is 7. The van der Waals surface area contributed by atoms with E-state index in [-0.39, 0.29) is 6.09 Å². The molecule has 0 aliphatic carbocycles. The lowest BCUT2D eigenvalue weighted by atomic mass is 10.1. The van der Waals surface area contributed by atoms with Crippen LogP contribution in [0.4, 0.5) is 22.1 Å². The molecule has 2 aromatic heterocycles. The van der Waals surface area contributed by atoms with Crippen LogP contribution in [0, 0.1) is 0 Å². The van der Waals surface area contributed by atoms with Gasteiger partial charge in [-0.1, -0.05) is 18.2 Å². The second kappa shape index (κ2) is 10.4. The zero-order chi connectivity index (χ0) is 26.9. The van der Waals surface area contributed by atoms with Crippen molar-refractivity contribution in [2.45, 2.75) is 31.3 Å². The Morgan fingerprint density at radius 1 is 1.00 bits per heavy atom. The summed E-state index contributed by atoms with van der Waals surface area (Å²) in [7, 11) is -1.02. The highest BCUT2D eigenvalue weighted by molar-refractivity contribution is 7.84. The molecule has 1 aliphatic heterocycles. The van der Waals surface area contributed by atoms with Crippen LogP contribution in [0.5, 0.6) is 0 Å². The van der Waals surface area contributed by atoms with Crippen LogP contribution in [-0.4, -0.2) is 67.8 Å². The molecule has 4 aromatic rings. The first-order valence-electron chi connectivity index (χ1n) is 12.6. The molecular formula is C28H32N6O3S. The fourth-order valence-electron chi connectivity index (χ4n) is 4.39. The average Bonchev–Trinajstić information content (AvgIpc) is 3.30. The minimum atomic E-state index is -1.02. The number of carbonyl (C=O) groups is 1. The summed E-state index contributed by atoms with van der Waals surface area (Å²) in [6.45, 7) is 8.31. The SMILES string of the molecule is CS(=O)c1ccc(-c2cccn3nc(Nc4cccc(N5CCN(C(=O)OC(C)(C)C)CC5)c4)nc23)cc1. The van der Waals surface area contributed by atoms with E-state index in [4.69, 9.17) is 9.72 Å². The van der Waals surface area contributed by atoms with E-state index in [0.717, 1.165) is 46.1 Å². The van der Waals surface area contributed by atoms with Gasteiger partial charge in [0.05, 0.1) is 0 Å². The van der Waals surface area contributed by atoms with Gasteiger partial charge in [-0.15, -0.1) is 5.10 Å². The Kier molecular flexibility index (Phi) is 7.07. The number of piperazine rings is 1. The van der Waals surface area contributed by atoms with Gasteiger partial charge in [-0.25, -0.2) is 9.31 Å². The van der Waals surface area contributed by atoms with E-state index < -0.39 is 16.4 Å². The summed E-state index contributed by atoms with van der Waals surface area (Å²) < 4.78 is 19.0. The number of aromatic nitrogens is 3. The van der Waals surface area contributed by atoms with E-state index in [9.17, 15) is 9.00 Å². The maximum Gasteiger partial charge on any atom is 0.410 e. The van der Waals surface area contributed by atoms with Crippen molar-refractivity contribution in [2.24, 2.45) is 0 Å². The number of anilines is 3. The molecule has 3 heterocycles. The molecular weight excluding hydrogens is 500 g/mol. The van der Waals surface area contributed by atoms with Crippen LogP contribution in [0.2, 0.25) is 0 Å². The van der Waals surface area contributed by atoms with Gasteiger partial charge in [-0.3, -0.25) is 4.21 Å². The fraction of sp³-hybridized carbons (Fsp3) is 0.321. The van der Waals surface area contributed by atoms with Crippen LogP contribution in [0.3, 0.4) is 0 Å². The molecule has 1 aliphatic rings. The zero-order valence-corrected chi connectivity index (χ0v) is 22.9. The minimum Gasteiger partial charge on any atom is -0.444 e. The minimum absolute atomic E-state index is 0.263. The van der Waals surface area contributed by atoms with Crippen molar-refractivity contribution in [1.29, 1.82) is 0 Å². The predicted octanol–water partition coefficient (Wildman–Crippen LogP) is 4.93. The summed E-state index contributed by atoms with van der Waals surface area (Å²) >= 11 is 0. The van der Waals surface area contributed by atoms with Gasteiger partial charge in [0.1, 0.15) is 5.60 Å². The molecule has 1 saturated heterocycles. The first-order chi connectivity index (χ1) is 18.2. The number of fused-ring (bicyclic) bond motifs is 1. The Hall–Kier alpha value is -3.92. The van der Waals surface area contributed by atoms with Crippen molar-refractivity contribution in [3.8, 4) is 11.1 Å². The van der Waals surface area contributed by atoms with Crippen LogP contribution < -0.4 is 10.2 Å². The summed E-state index contributed by atoms with van der Waals surface area (Å²) in [5.74, 6) is 0.496. The van der Waals surface area contributed by atoms with Gasteiger partial charge in [0.2, 0.25) is 5.95 Å². The number of amides is 1. The number of rotatable bonds is 5. The number of carbonyl (C=O) groups excluding carboxylic acids is 1. The summed E-state index contributed by atoms with van der Waals surface area (Å²) in [6.07, 6.45) is 3.28. The number of hydrogen-bond donors (Lipinski definition) is 1. The number of nitrogens with zero attached hydrogens (tertiary/aromatic N) is 5. The molecule has 198 valence electrons. The smallest absolute Gasteiger partial charge is 0.410 e. The van der Waals surface area contributed by atoms with Gasteiger partial charge in [-0.05, 0) is 68.8 Å². The van der Waals surface area contributed by atoms with Gasteiger partial charge in [-0.2, -0.15) is 4.98 Å². The van der Waals surface area contributed by atoms with Gasteiger partial charge in [0, 0.05) is 71.3 Å². The number of nitrogens with one attached hydrogen (secondary N) is 1. The molecule has 2 aromatic carbocycles. The zero-order valence-electron chi connectivity index (χ0n) is 22.0. The summed E-state index contributed by atoms with van der Waals surface area (Å²) in [5, 5.41) is 7.95. The molecule has 1 N–H and O–H groups in total. The van der Waals surface area contributed by atoms with E-state index in [2.05, 4.69) is 27.4 Å². The number of benzene rings is 2. The molecule has 0 saturated carbocycles. The third-order valence-electron chi connectivity index (χ3n) is 6.26. The molecule has 38 heavy (non-hydrogen) atoms. The molecule has 0 spiro atoms. The van der Waals surface area contributed by atoms with Gasteiger partial charge in [0.25, 0.3) is 0 Å². The third-order valence-corrected chi connectivity index (χ3v) is 7.19. The van der Waals surface area contributed by atoms with Crippen molar-refractivity contribution >= 4 is 39.9 Å². The second-order valence-electron chi connectivity index (χ2n) is 10.2. The Bertz CT molecular complexity index is 1470. The Morgan fingerprint density at radius 2 is 1.74 bits per heavy atom. The molecule has 10 heteroatoms. The highest BCUT2D eigenvalue weighted by atomic mass is 32.2. The average molecular weight is 533 g/mol. The largest absolute Gasteiger partial charge is 0.444 e. The van der Waals surface area contributed by atoms with E-state index in [0.29, 0.717) is 19.0 Å². The molecule has 5 rings (SSSR count). The third kappa shape index (κ3) is 5.80. The maximum absolute atomic E-state index is 12.4. The lowest BCUT2D eigenvalue weighted by molar-refractivity contribution is 0.0240. The highest BCUT2D eigenvalue weighted by Crippen LogP contribution is 2.27. The highest BCUT2D eigenvalue weighted by Gasteiger charge is 2.26. The second-order valence-corrected chi connectivity index (χ2v) is 11.6. The van der Waals surface area contributed by atoms with Crippen molar-refractivity contribution in [2.75, 3.05) is 42.7 Å². The quantitative estimate of drug-likeness (QED) is 0.389. The lowest BCUT2D eigenvalue weighted by Crippen LogP contribution is -2.50. The molecule has 0 bridgehead atoms. The molecule has 1 amide bonds. The van der Waals surface area contributed by atoms with Crippen LogP contribution in [0.25, 0.3) is 16.8 Å². The van der Waals surface area contributed by atoms with E-state index in [1.807, 2.05) is 75.5 Å². The normalized spacial score (nSPS) is 14.9. The van der Waals surface area contributed by atoms with Gasteiger partial charge < -0.3 is 19.9 Å². The summed E-state index contributed by atoms with van der Waals surface area (Å²) in [6, 6.07) is 19.7. The standard InChI is InChI=1S/C28H32N6O3S/c1-28(2,3)37-27(35)33-17-15-32(16-18-33)22-8-5-7-21(19-22)29-26-30-25-24(9-6-14-34(25)31-26)20-10-12-23(13-11-20)38(4)36/h5-14,19H,15-18H2,1-4H3,(H,29,31). The van der Waals surface area contributed by atoms with E-state index in [1.165, 1.54) is 0 Å². The Labute approximate surface area is 224 Å². The molecule has 0 radical (unpaired) electrons. The summed E-state index contributed by atoms with van der Waals surface area (Å²) in [5.41, 5.74) is 4.10. The van der Waals surface area contributed by atoms with Crippen LogP contribution in [0.15, 0.2) is 71.8 Å². The van der Waals surface area contributed by atoms with Gasteiger partial charge in [0.15, 0.2) is 5.65 Å². The fourth-order valence-corrected chi connectivity index (χ4v) is 4.91. The van der Waals surface area contributed by atoms with Crippen molar-refractivity contribution in [1.82, 2.24) is 19.5 Å². The summed E-state index contributed by atoms with van der Waals surface area (Å²) in [4.78, 5) is 22.0. The van der Waals surface area contributed by atoms with Crippen LogP contribution in [-0.2, 0) is 15.5 Å². The van der Waals surface area contributed by atoms with Gasteiger partial charge >= 0.3 is 6.09 Å². The van der Waals surface area contributed by atoms with Crippen LogP contribution in [0.1, 0.15) is 20.8 Å². The number of pyridine rings is 1. The van der Waals surface area contributed by atoms with Crippen molar-refractivity contribution in [3.63, 3.8) is 0 Å².